The SMILES string of the molecule is CC(C)OC(=O)c1c(NC(=O)/C(C#N)=C/c2cccc3ccccc23)sc2c1CCCC2. The normalized spacial score (nSPS) is 13.5. The zero-order valence-electron chi connectivity index (χ0n) is 18.1. The van der Waals surface area contributed by atoms with E-state index in [2.05, 4.69) is 5.32 Å². The zero-order valence-corrected chi connectivity index (χ0v) is 18.9. The average Bonchev–Trinajstić information content (AvgIpc) is 3.14. The van der Waals surface area contributed by atoms with E-state index in [1.165, 1.54) is 11.3 Å². The fourth-order valence-electron chi connectivity index (χ4n) is 3.99. The summed E-state index contributed by atoms with van der Waals surface area (Å²) in [5.74, 6) is -0.955. The van der Waals surface area contributed by atoms with E-state index in [-0.39, 0.29) is 11.7 Å². The lowest BCUT2D eigenvalue weighted by atomic mass is 9.95. The highest BCUT2D eigenvalue weighted by Crippen LogP contribution is 2.39. The number of nitrogens with one attached hydrogen (secondary N) is 1. The Labute approximate surface area is 191 Å². The molecular formula is C26H24N2O3S. The number of ether oxygens (including phenoxy) is 1. The number of rotatable bonds is 5. The van der Waals surface area contributed by atoms with Crippen LogP contribution >= 0.6 is 11.3 Å². The van der Waals surface area contributed by atoms with Gasteiger partial charge in [-0.05, 0) is 67.5 Å². The predicted octanol–water partition coefficient (Wildman–Crippen LogP) is 5.89. The second-order valence-corrected chi connectivity index (χ2v) is 9.17. The summed E-state index contributed by atoms with van der Waals surface area (Å²) < 4.78 is 5.45. The Morgan fingerprint density at radius 1 is 1.12 bits per heavy atom. The largest absolute Gasteiger partial charge is 0.459 e. The molecule has 0 saturated carbocycles. The molecule has 5 nitrogen and oxygen atoms in total. The van der Waals surface area contributed by atoms with Crippen molar-refractivity contribution in [1.29, 1.82) is 5.26 Å². The Balaban J connectivity index is 1.68. The summed E-state index contributed by atoms with van der Waals surface area (Å²) in [6, 6.07) is 15.6. The molecule has 3 aromatic rings. The molecular weight excluding hydrogens is 420 g/mol. The summed E-state index contributed by atoms with van der Waals surface area (Å²) in [6.07, 6.45) is 5.08. The number of aryl methyl sites for hydroxylation is 1. The van der Waals surface area contributed by atoms with Gasteiger partial charge in [-0.3, -0.25) is 4.79 Å². The molecule has 0 atom stereocenters. The molecule has 1 aromatic heterocycles. The van der Waals surface area contributed by atoms with E-state index < -0.39 is 11.9 Å². The van der Waals surface area contributed by atoms with Crippen molar-refractivity contribution >= 4 is 45.1 Å². The Morgan fingerprint density at radius 2 is 1.88 bits per heavy atom. The van der Waals surface area contributed by atoms with Crippen LogP contribution in [0.5, 0.6) is 0 Å². The Bertz CT molecular complexity index is 1260. The van der Waals surface area contributed by atoms with Crippen LogP contribution in [0.25, 0.3) is 16.8 Å². The van der Waals surface area contributed by atoms with Crippen molar-refractivity contribution in [3.8, 4) is 6.07 Å². The first-order valence-corrected chi connectivity index (χ1v) is 11.6. The molecule has 0 fully saturated rings. The minimum absolute atomic E-state index is 0.0177. The van der Waals surface area contributed by atoms with E-state index in [0.717, 1.165) is 52.5 Å². The first-order chi connectivity index (χ1) is 15.5. The third-order valence-corrected chi connectivity index (χ3v) is 6.64. The lowest BCUT2D eigenvalue weighted by Gasteiger charge is -2.14. The summed E-state index contributed by atoms with van der Waals surface area (Å²) in [4.78, 5) is 27.0. The van der Waals surface area contributed by atoms with Gasteiger partial charge in [0, 0.05) is 4.88 Å². The molecule has 0 aliphatic heterocycles. The third kappa shape index (κ3) is 4.44. The zero-order chi connectivity index (χ0) is 22.7. The average molecular weight is 445 g/mol. The molecule has 0 spiro atoms. The maximum absolute atomic E-state index is 13.0. The molecule has 1 aliphatic rings. The summed E-state index contributed by atoms with van der Waals surface area (Å²) in [6.45, 7) is 3.60. The highest BCUT2D eigenvalue weighted by Gasteiger charge is 2.28. The molecule has 0 bridgehead atoms. The van der Waals surface area contributed by atoms with Crippen LogP contribution in [0.4, 0.5) is 5.00 Å². The van der Waals surface area contributed by atoms with E-state index >= 15 is 0 Å². The second kappa shape index (κ2) is 9.37. The highest BCUT2D eigenvalue weighted by molar-refractivity contribution is 7.17. The molecule has 162 valence electrons. The molecule has 1 aliphatic carbocycles. The lowest BCUT2D eigenvalue weighted by molar-refractivity contribution is -0.112. The smallest absolute Gasteiger partial charge is 0.341 e. The van der Waals surface area contributed by atoms with Gasteiger partial charge in [-0.25, -0.2) is 4.79 Å². The van der Waals surface area contributed by atoms with Crippen molar-refractivity contribution in [1.82, 2.24) is 0 Å². The van der Waals surface area contributed by atoms with Crippen LogP contribution in [0.3, 0.4) is 0 Å². The number of esters is 1. The van der Waals surface area contributed by atoms with Crippen molar-refractivity contribution in [2.45, 2.75) is 45.6 Å². The number of carbonyl (C=O) groups is 2. The first-order valence-electron chi connectivity index (χ1n) is 10.7. The van der Waals surface area contributed by atoms with Gasteiger partial charge in [0.15, 0.2) is 0 Å². The molecule has 2 aromatic carbocycles. The van der Waals surface area contributed by atoms with Crippen LogP contribution in [0.2, 0.25) is 0 Å². The molecule has 0 unspecified atom stereocenters. The first kappa shape index (κ1) is 21.8. The molecule has 1 N–H and O–H groups in total. The van der Waals surface area contributed by atoms with Gasteiger partial charge in [0.2, 0.25) is 0 Å². The molecule has 0 radical (unpaired) electrons. The molecule has 6 heteroatoms. The van der Waals surface area contributed by atoms with E-state index in [1.54, 1.807) is 19.9 Å². The van der Waals surface area contributed by atoms with Crippen LogP contribution in [0.15, 0.2) is 48.0 Å². The minimum atomic E-state index is -0.530. The third-order valence-electron chi connectivity index (χ3n) is 5.43. The van der Waals surface area contributed by atoms with Crippen molar-refractivity contribution in [3.63, 3.8) is 0 Å². The fourth-order valence-corrected chi connectivity index (χ4v) is 5.27. The number of carbonyl (C=O) groups excluding carboxylic acids is 2. The van der Waals surface area contributed by atoms with Crippen molar-refractivity contribution in [2.24, 2.45) is 0 Å². The monoisotopic (exact) mass is 444 g/mol. The van der Waals surface area contributed by atoms with Gasteiger partial charge in [-0.1, -0.05) is 42.5 Å². The minimum Gasteiger partial charge on any atom is -0.459 e. The standard InChI is InChI=1S/C26H24N2O3S/c1-16(2)31-26(30)23-21-12-5-6-13-22(21)32-25(23)28-24(29)19(15-27)14-18-10-7-9-17-8-3-4-11-20(17)18/h3-4,7-11,14,16H,5-6,12-13H2,1-2H3,(H,28,29)/b19-14+. The van der Waals surface area contributed by atoms with Crippen molar-refractivity contribution < 1.29 is 14.3 Å². The molecule has 32 heavy (non-hydrogen) atoms. The summed E-state index contributed by atoms with van der Waals surface area (Å²) >= 11 is 1.41. The van der Waals surface area contributed by atoms with E-state index in [9.17, 15) is 14.9 Å². The van der Waals surface area contributed by atoms with Crippen molar-refractivity contribution in [2.75, 3.05) is 5.32 Å². The lowest BCUT2D eigenvalue weighted by Crippen LogP contribution is -2.18. The number of fused-ring (bicyclic) bond motifs is 2. The number of amides is 1. The van der Waals surface area contributed by atoms with Gasteiger partial charge >= 0.3 is 5.97 Å². The van der Waals surface area contributed by atoms with Crippen molar-refractivity contribution in [3.05, 3.63) is 69.6 Å². The van der Waals surface area contributed by atoms with Crippen LogP contribution in [-0.2, 0) is 22.4 Å². The van der Waals surface area contributed by atoms with Crippen LogP contribution in [0.1, 0.15) is 53.1 Å². The van der Waals surface area contributed by atoms with E-state index in [4.69, 9.17) is 4.74 Å². The summed E-state index contributed by atoms with van der Waals surface area (Å²) in [5, 5.41) is 15.0. The van der Waals surface area contributed by atoms with Gasteiger partial charge < -0.3 is 10.1 Å². The van der Waals surface area contributed by atoms with Crippen LogP contribution in [-0.4, -0.2) is 18.0 Å². The van der Waals surface area contributed by atoms with Crippen LogP contribution in [0, 0.1) is 11.3 Å². The number of benzene rings is 2. The summed E-state index contributed by atoms with van der Waals surface area (Å²) in [7, 11) is 0. The predicted molar refractivity (Wildman–Crippen MR) is 128 cm³/mol. The Hall–Kier alpha value is -3.43. The van der Waals surface area contributed by atoms with Gasteiger partial charge in [-0.2, -0.15) is 5.26 Å². The number of hydrogen-bond donors (Lipinski definition) is 1. The molecule has 1 amide bonds. The Morgan fingerprint density at radius 3 is 2.66 bits per heavy atom. The molecule has 0 saturated heterocycles. The fraction of sp³-hybridized carbons (Fsp3) is 0.269. The van der Waals surface area contributed by atoms with Gasteiger partial charge in [0.25, 0.3) is 5.91 Å². The maximum Gasteiger partial charge on any atom is 0.341 e. The second-order valence-electron chi connectivity index (χ2n) is 8.06. The topological polar surface area (TPSA) is 79.2 Å². The summed E-state index contributed by atoms with van der Waals surface area (Å²) in [5.41, 5.74) is 2.18. The van der Waals surface area contributed by atoms with Gasteiger partial charge in [-0.15, -0.1) is 11.3 Å². The van der Waals surface area contributed by atoms with E-state index in [0.29, 0.717) is 10.6 Å². The van der Waals surface area contributed by atoms with Crippen LogP contribution < -0.4 is 5.32 Å². The molecule has 1 heterocycles. The number of thiophene rings is 1. The number of hydrogen-bond acceptors (Lipinski definition) is 5. The van der Waals surface area contributed by atoms with Gasteiger partial charge in [0.1, 0.15) is 16.6 Å². The Kier molecular flexibility index (Phi) is 6.38. The highest BCUT2D eigenvalue weighted by atomic mass is 32.1. The van der Waals surface area contributed by atoms with E-state index in [1.807, 2.05) is 48.5 Å². The number of nitrogens with zero attached hydrogens (tertiary/aromatic N) is 1. The number of anilines is 1. The maximum atomic E-state index is 13.0. The molecule has 4 rings (SSSR count). The number of nitriles is 1. The quantitative estimate of drug-likeness (QED) is 0.302. The van der Waals surface area contributed by atoms with Gasteiger partial charge in [0.05, 0.1) is 11.7 Å².